The normalized spacial score (nSPS) is 12.1. The smallest absolute Gasteiger partial charge is 0.280 e. The van der Waals surface area contributed by atoms with Crippen molar-refractivity contribution in [3.05, 3.63) is 57.5 Å². The summed E-state index contributed by atoms with van der Waals surface area (Å²) in [5.74, 6) is 0.188. The summed E-state index contributed by atoms with van der Waals surface area (Å²) >= 11 is 9.08. The monoisotopic (exact) mass is 396 g/mol. The van der Waals surface area contributed by atoms with Crippen molar-refractivity contribution < 1.29 is 14.6 Å². The first-order valence-corrected chi connectivity index (χ1v) is 7.86. The molecule has 0 saturated heterocycles. The molecule has 0 fully saturated rings. The van der Waals surface area contributed by atoms with Crippen molar-refractivity contribution in [3.63, 3.8) is 0 Å². The summed E-state index contributed by atoms with van der Waals surface area (Å²) in [7, 11) is 0. The Morgan fingerprint density at radius 2 is 2.04 bits per heavy atom. The topological polar surface area (TPSA) is 70.9 Å². The van der Waals surface area contributed by atoms with Crippen LogP contribution in [0.5, 0.6) is 11.5 Å². The second-order valence-electron chi connectivity index (χ2n) is 4.65. The predicted molar refractivity (Wildman–Crippen MR) is 93.1 cm³/mol. The predicted octanol–water partition coefficient (Wildman–Crippen LogP) is 3.73. The molecule has 5 nitrogen and oxygen atoms in total. The highest BCUT2D eigenvalue weighted by molar-refractivity contribution is 9.10. The Balaban J connectivity index is 1.92. The van der Waals surface area contributed by atoms with Gasteiger partial charge in [-0.3, -0.25) is 4.79 Å². The molecule has 120 valence electrons. The van der Waals surface area contributed by atoms with Gasteiger partial charge in [0.2, 0.25) is 0 Å². The number of amides is 1. The van der Waals surface area contributed by atoms with E-state index in [1.807, 2.05) is 0 Å². The van der Waals surface area contributed by atoms with Crippen LogP contribution in [0.2, 0.25) is 5.02 Å². The molecule has 0 unspecified atom stereocenters. The first kappa shape index (κ1) is 17.3. The quantitative estimate of drug-likeness (QED) is 0.596. The van der Waals surface area contributed by atoms with Crippen molar-refractivity contribution in [1.82, 2.24) is 5.43 Å². The van der Waals surface area contributed by atoms with E-state index in [2.05, 4.69) is 26.5 Å². The number of phenolic OH excluding ortho intramolecular Hbond substituents is 1. The standard InChI is InChI=1S/C16H14BrClN2O3/c1-10(23-14-5-3-13(18)4-6-14)16(22)20-19-9-11-8-12(17)2-7-15(11)21/h2-10,21H,1H3,(H,20,22)/b19-9-/t10-/m0/s1. The number of nitrogens with zero attached hydrogens (tertiary/aromatic N) is 1. The van der Waals surface area contributed by atoms with Crippen LogP contribution >= 0.6 is 27.5 Å². The van der Waals surface area contributed by atoms with Crippen molar-refractivity contribution in [2.45, 2.75) is 13.0 Å². The highest BCUT2D eigenvalue weighted by Gasteiger charge is 2.13. The van der Waals surface area contributed by atoms with Gasteiger partial charge >= 0.3 is 0 Å². The molecule has 0 heterocycles. The minimum absolute atomic E-state index is 0.0664. The fourth-order valence-corrected chi connectivity index (χ4v) is 2.16. The molecule has 2 rings (SSSR count). The zero-order valence-corrected chi connectivity index (χ0v) is 14.5. The number of nitrogens with one attached hydrogen (secondary N) is 1. The fraction of sp³-hybridized carbons (Fsp3) is 0.125. The number of carbonyl (C=O) groups is 1. The summed E-state index contributed by atoms with van der Waals surface area (Å²) < 4.78 is 6.27. The number of hydrogen-bond acceptors (Lipinski definition) is 4. The summed E-state index contributed by atoms with van der Waals surface area (Å²) in [5, 5.41) is 14.1. The van der Waals surface area contributed by atoms with Gasteiger partial charge in [-0.2, -0.15) is 5.10 Å². The van der Waals surface area contributed by atoms with Gasteiger partial charge in [0.1, 0.15) is 11.5 Å². The summed E-state index contributed by atoms with van der Waals surface area (Å²) in [5.41, 5.74) is 2.84. The number of phenols is 1. The molecular formula is C16H14BrClN2O3. The van der Waals surface area contributed by atoms with Crippen molar-refractivity contribution in [3.8, 4) is 11.5 Å². The van der Waals surface area contributed by atoms with E-state index in [-0.39, 0.29) is 5.75 Å². The molecule has 2 N–H and O–H groups in total. The molecule has 0 aromatic heterocycles. The van der Waals surface area contributed by atoms with Crippen LogP contribution in [0.15, 0.2) is 52.0 Å². The van der Waals surface area contributed by atoms with Gasteiger partial charge in [0.05, 0.1) is 6.21 Å². The Labute approximate surface area is 147 Å². The Bertz CT molecular complexity index is 720. The molecule has 23 heavy (non-hydrogen) atoms. The van der Waals surface area contributed by atoms with E-state index < -0.39 is 12.0 Å². The second kappa shape index (κ2) is 7.99. The summed E-state index contributed by atoms with van der Waals surface area (Å²) in [6, 6.07) is 11.6. The molecule has 0 aliphatic heterocycles. The van der Waals surface area contributed by atoms with Crippen molar-refractivity contribution in [2.24, 2.45) is 5.10 Å². The SMILES string of the molecule is C[C@H](Oc1ccc(Cl)cc1)C(=O)N/N=C\c1cc(Br)ccc1O. The number of benzene rings is 2. The number of aromatic hydroxyl groups is 1. The van der Waals surface area contributed by atoms with E-state index >= 15 is 0 Å². The van der Waals surface area contributed by atoms with Crippen LogP contribution in [0.25, 0.3) is 0 Å². The molecule has 0 bridgehead atoms. The third-order valence-electron chi connectivity index (χ3n) is 2.86. The first-order valence-electron chi connectivity index (χ1n) is 6.69. The average Bonchev–Trinajstić information content (AvgIpc) is 2.52. The number of halogens is 2. The molecule has 0 saturated carbocycles. The van der Waals surface area contributed by atoms with E-state index in [1.165, 1.54) is 12.3 Å². The molecule has 0 radical (unpaired) electrons. The van der Waals surface area contributed by atoms with Crippen LogP contribution in [-0.4, -0.2) is 23.3 Å². The molecule has 7 heteroatoms. The lowest BCUT2D eigenvalue weighted by Crippen LogP contribution is -2.33. The highest BCUT2D eigenvalue weighted by Crippen LogP contribution is 2.20. The lowest BCUT2D eigenvalue weighted by molar-refractivity contribution is -0.127. The second-order valence-corrected chi connectivity index (χ2v) is 6.00. The summed E-state index contributed by atoms with van der Waals surface area (Å²) in [4.78, 5) is 11.9. The van der Waals surface area contributed by atoms with Crippen molar-refractivity contribution in [2.75, 3.05) is 0 Å². The largest absolute Gasteiger partial charge is 0.507 e. The molecular weight excluding hydrogens is 384 g/mol. The van der Waals surface area contributed by atoms with Gasteiger partial charge < -0.3 is 9.84 Å². The summed E-state index contributed by atoms with van der Waals surface area (Å²) in [6.07, 6.45) is 0.622. The van der Waals surface area contributed by atoms with Gasteiger partial charge in [0.15, 0.2) is 6.10 Å². The molecule has 0 aliphatic carbocycles. The van der Waals surface area contributed by atoms with Crippen LogP contribution in [0.1, 0.15) is 12.5 Å². The van der Waals surface area contributed by atoms with Gasteiger partial charge in [0.25, 0.3) is 5.91 Å². The number of ether oxygens (including phenoxy) is 1. The van der Waals surface area contributed by atoms with Crippen LogP contribution in [0, 0.1) is 0 Å². The molecule has 2 aromatic carbocycles. The molecule has 1 atom stereocenters. The van der Waals surface area contributed by atoms with Crippen LogP contribution in [-0.2, 0) is 4.79 Å². The molecule has 1 amide bonds. The number of carbonyl (C=O) groups excluding carboxylic acids is 1. The van der Waals surface area contributed by atoms with Gasteiger partial charge in [0, 0.05) is 15.1 Å². The van der Waals surface area contributed by atoms with Crippen LogP contribution in [0.3, 0.4) is 0 Å². The van der Waals surface area contributed by atoms with E-state index in [4.69, 9.17) is 16.3 Å². The molecule has 0 spiro atoms. The Kier molecular flexibility index (Phi) is 6.01. The maximum Gasteiger partial charge on any atom is 0.280 e. The van der Waals surface area contributed by atoms with Crippen LogP contribution < -0.4 is 10.2 Å². The zero-order chi connectivity index (χ0) is 16.8. The summed E-state index contributed by atoms with van der Waals surface area (Å²) in [6.45, 7) is 1.61. The van der Waals surface area contributed by atoms with E-state index in [0.717, 1.165) is 4.47 Å². The van der Waals surface area contributed by atoms with E-state index in [9.17, 15) is 9.90 Å². The fourth-order valence-electron chi connectivity index (χ4n) is 1.66. The number of hydrogen-bond donors (Lipinski definition) is 2. The average molecular weight is 398 g/mol. The third-order valence-corrected chi connectivity index (χ3v) is 3.61. The molecule has 2 aromatic rings. The maximum absolute atomic E-state index is 11.9. The van der Waals surface area contributed by atoms with Gasteiger partial charge in [-0.05, 0) is 49.4 Å². The number of hydrazone groups is 1. The first-order chi connectivity index (χ1) is 11.0. The lowest BCUT2D eigenvalue weighted by atomic mass is 10.2. The van der Waals surface area contributed by atoms with Gasteiger partial charge in [-0.15, -0.1) is 0 Å². The Morgan fingerprint density at radius 1 is 1.35 bits per heavy atom. The minimum Gasteiger partial charge on any atom is -0.507 e. The van der Waals surface area contributed by atoms with E-state index in [1.54, 1.807) is 43.3 Å². The van der Waals surface area contributed by atoms with Crippen molar-refractivity contribution in [1.29, 1.82) is 0 Å². The number of rotatable bonds is 5. The Hall–Kier alpha value is -2.05. The van der Waals surface area contributed by atoms with Crippen molar-refractivity contribution >= 4 is 39.7 Å². The van der Waals surface area contributed by atoms with E-state index in [0.29, 0.717) is 16.3 Å². The van der Waals surface area contributed by atoms with Gasteiger partial charge in [-0.25, -0.2) is 5.43 Å². The highest BCUT2D eigenvalue weighted by atomic mass is 79.9. The maximum atomic E-state index is 11.9. The zero-order valence-electron chi connectivity index (χ0n) is 12.2. The van der Waals surface area contributed by atoms with Gasteiger partial charge in [-0.1, -0.05) is 27.5 Å². The molecule has 0 aliphatic rings. The minimum atomic E-state index is -0.732. The Morgan fingerprint density at radius 3 is 2.74 bits per heavy atom. The lowest BCUT2D eigenvalue weighted by Gasteiger charge is -2.12. The van der Waals surface area contributed by atoms with Crippen LogP contribution in [0.4, 0.5) is 0 Å². The third kappa shape index (κ3) is 5.26.